The van der Waals surface area contributed by atoms with Crippen LogP contribution in [0.2, 0.25) is 0 Å². The number of thioether (sulfide) groups is 1. The first kappa shape index (κ1) is 13.9. The van der Waals surface area contributed by atoms with Gasteiger partial charge in [0.1, 0.15) is 0 Å². The molecular weight excluding hydrogens is 256 g/mol. The Labute approximate surface area is 117 Å². The third kappa shape index (κ3) is 3.49. The first-order valence-corrected chi connectivity index (χ1v) is 7.61. The van der Waals surface area contributed by atoms with Gasteiger partial charge in [-0.15, -0.1) is 0 Å². The molecule has 0 radical (unpaired) electrons. The van der Waals surface area contributed by atoms with Gasteiger partial charge in [0.25, 0.3) is 0 Å². The number of rotatable bonds is 5. The van der Waals surface area contributed by atoms with E-state index in [2.05, 4.69) is 29.6 Å². The average Bonchev–Trinajstić information content (AvgIpc) is 2.44. The molecule has 0 aliphatic rings. The number of carbonyl (C=O) groups excluding carboxylic acids is 1. The van der Waals surface area contributed by atoms with Crippen LogP contribution in [-0.2, 0) is 4.79 Å². The smallest absolute Gasteiger partial charge is 0.230 e. The molecule has 0 saturated heterocycles. The second-order valence-electron chi connectivity index (χ2n) is 4.40. The fourth-order valence-corrected chi connectivity index (χ4v) is 2.42. The molecule has 3 nitrogen and oxygen atoms in total. The molecule has 3 N–H and O–H groups in total. The van der Waals surface area contributed by atoms with Crippen LogP contribution in [0.3, 0.4) is 0 Å². The number of nitrogens with two attached hydrogens (primary N) is 1. The summed E-state index contributed by atoms with van der Waals surface area (Å²) in [7, 11) is 0. The second kappa shape index (κ2) is 6.59. The minimum Gasteiger partial charge on any atom is -0.347 e. The molecule has 100 valence electrons. The maximum atomic E-state index is 11.7. The van der Waals surface area contributed by atoms with Crippen molar-refractivity contribution in [3.8, 4) is 0 Å². The predicted octanol–water partition coefficient (Wildman–Crippen LogP) is 2.32. The number of hydrogen-bond donors (Lipinski definition) is 2. The van der Waals surface area contributed by atoms with Crippen molar-refractivity contribution in [1.82, 2.24) is 5.32 Å². The Morgan fingerprint density at radius 1 is 1.26 bits per heavy atom. The topological polar surface area (TPSA) is 55.1 Å². The lowest BCUT2D eigenvalue weighted by Crippen LogP contribution is -2.34. The minimum absolute atomic E-state index is 0.0242. The molecule has 1 unspecified atom stereocenters. The van der Waals surface area contributed by atoms with E-state index in [1.54, 1.807) is 0 Å². The van der Waals surface area contributed by atoms with Gasteiger partial charge >= 0.3 is 0 Å². The van der Waals surface area contributed by atoms with E-state index in [-0.39, 0.29) is 11.9 Å². The molecule has 0 aliphatic carbocycles. The Kier molecular flexibility index (Phi) is 4.82. The molecule has 1 amide bonds. The van der Waals surface area contributed by atoms with E-state index in [1.807, 2.05) is 24.5 Å². The van der Waals surface area contributed by atoms with E-state index in [0.29, 0.717) is 12.3 Å². The molecule has 1 atom stereocenters. The van der Waals surface area contributed by atoms with Gasteiger partial charge in [-0.1, -0.05) is 36.4 Å². The molecule has 2 aromatic rings. The molecular formula is C15H18N2OS. The van der Waals surface area contributed by atoms with Gasteiger partial charge in [0, 0.05) is 6.54 Å². The number of nitrogens with one attached hydrogen (secondary N) is 1. The molecule has 0 fully saturated rings. The Bertz CT molecular complexity index is 571. The molecule has 4 heteroatoms. The van der Waals surface area contributed by atoms with Crippen LogP contribution in [0.15, 0.2) is 42.5 Å². The lowest BCUT2D eigenvalue weighted by Gasteiger charge is -2.17. The number of carbonyl (C=O) groups is 1. The van der Waals surface area contributed by atoms with E-state index in [0.717, 1.165) is 10.9 Å². The highest BCUT2D eigenvalue weighted by Crippen LogP contribution is 2.20. The molecule has 0 saturated carbocycles. The maximum Gasteiger partial charge on any atom is 0.230 e. The van der Waals surface area contributed by atoms with Crippen molar-refractivity contribution in [3.05, 3.63) is 48.0 Å². The van der Waals surface area contributed by atoms with Crippen LogP contribution in [-0.4, -0.2) is 24.5 Å². The summed E-state index contributed by atoms with van der Waals surface area (Å²) < 4.78 is 0. The van der Waals surface area contributed by atoms with Gasteiger partial charge < -0.3 is 11.1 Å². The van der Waals surface area contributed by atoms with Crippen LogP contribution in [0.25, 0.3) is 10.8 Å². The molecule has 0 aliphatic heterocycles. The highest BCUT2D eigenvalue weighted by atomic mass is 32.2. The van der Waals surface area contributed by atoms with Crippen LogP contribution in [0.4, 0.5) is 0 Å². The summed E-state index contributed by atoms with van der Waals surface area (Å²) in [5, 5.41) is 5.32. The summed E-state index contributed by atoms with van der Waals surface area (Å²) in [6.45, 7) is 0.401. The zero-order valence-corrected chi connectivity index (χ0v) is 11.7. The van der Waals surface area contributed by atoms with Gasteiger partial charge in [0.2, 0.25) is 5.91 Å². The van der Waals surface area contributed by atoms with Gasteiger partial charge in [-0.25, -0.2) is 0 Å². The second-order valence-corrected chi connectivity index (χ2v) is 5.26. The normalized spacial score (nSPS) is 12.3. The first-order chi connectivity index (χ1) is 9.24. The van der Waals surface area contributed by atoms with E-state index in [1.165, 1.54) is 17.1 Å². The van der Waals surface area contributed by atoms with Gasteiger partial charge in [-0.3, -0.25) is 4.79 Å². The largest absolute Gasteiger partial charge is 0.347 e. The van der Waals surface area contributed by atoms with Crippen molar-refractivity contribution in [2.45, 2.75) is 6.04 Å². The Morgan fingerprint density at radius 3 is 2.68 bits per heavy atom. The third-order valence-corrected chi connectivity index (χ3v) is 3.57. The van der Waals surface area contributed by atoms with Gasteiger partial charge in [0.15, 0.2) is 0 Å². The van der Waals surface area contributed by atoms with E-state index in [9.17, 15) is 4.79 Å². The summed E-state index contributed by atoms with van der Waals surface area (Å²) in [6, 6.07) is 14.2. The summed E-state index contributed by atoms with van der Waals surface area (Å²) in [5.41, 5.74) is 6.82. The van der Waals surface area contributed by atoms with E-state index >= 15 is 0 Å². The summed E-state index contributed by atoms with van der Waals surface area (Å²) >= 11 is 1.51. The predicted molar refractivity (Wildman–Crippen MR) is 82.3 cm³/mol. The standard InChI is InChI=1S/C15H18N2OS/c1-19-10-15(18)17-14(9-16)13-7-6-11-4-2-3-5-12(11)8-13/h2-8,14H,9-10,16H2,1H3,(H,17,18). The summed E-state index contributed by atoms with van der Waals surface area (Å²) in [6.07, 6.45) is 1.91. The van der Waals surface area contributed by atoms with Crippen molar-refractivity contribution < 1.29 is 4.79 Å². The van der Waals surface area contributed by atoms with Gasteiger partial charge in [-0.05, 0) is 28.7 Å². The van der Waals surface area contributed by atoms with Gasteiger partial charge in [-0.2, -0.15) is 11.8 Å². The Morgan fingerprint density at radius 2 is 2.00 bits per heavy atom. The van der Waals surface area contributed by atoms with Crippen molar-refractivity contribution >= 4 is 28.4 Å². The first-order valence-electron chi connectivity index (χ1n) is 6.21. The van der Waals surface area contributed by atoms with Crippen molar-refractivity contribution in [3.63, 3.8) is 0 Å². The lowest BCUT2D eigenvalue weighted by molar-refractivity contribution is -0.119. The monoisotopic (exact) mass is 274 g/mol. The van der Waals surface area contributed by atoms with Crippen molar-refractivity contribution in [2.75, 3.05) is 18.6 Å². The van der Waals surface area contributed by atoms with Gasteiger partial charge in [0.05, 0.1) is 11.8 Å². The summed E-state index contributed by atoms with van der Waals surface area (Å²) in [4.78, 5) is 11.7. The molecule has 0 bridgehead atoms. The highest BCUT2D eigenvalue weighted by Gasteiger charge is 2.12. The quantitative estimate of drug-likeness (QED) is 0.879. The van der Waals surface area contributed by atoms with Crippen LogP contribution in [0.1, 0.15) is 11.6 Å². The lowest BCUT2D eigenvalue weighted by atomic mass is 10.0. The van der Waals surface area contributed by atoms with E-state index < -0.39 is 0 Å². The Hall–Kier alpha value is -1.52. The zero-order valence-electron chi connectivity index (χ0n) is 10.9. The Balaban J connectivity index is 2.22. The number of benzene rings is 2. The highest BCUT2D eigenvalue weighted by molar-refractivity contribution is 7.99. The minimum atomic E-state index is -0.121. The maximum absolute atomic E-state index is 11.7. The van der Waals surface area contributed by atoms with Crippen molar-refractivity contribution in [2.24, 2.45) is 5.73 Å². The van der Waals surface area contributed by atoms with Crippen LogP contribution in [0, 0.1) is 0 Å². The fourth-order valence-electron chi connectivity index (χ4n) is 2.07. The van der Waals surface area contributed by atoms with Crippen LogP contribution in [0.5, 0.6) is 0 Å². The molecule has 0 aromatic heterocycles. The molecule has 2 aromatic carbocycles. The third-order valence-electron chi connectivity index (χ3n) is 3.02. The molecule has 2 rings (SSSR count). The zero-order chi connectivity index (χ0) is 13.7. The van der Waals surface area contributed by atoms with E-state index in [4.69, 9.17) is 5.73 Å². The number of hydrogen-bond acceptors (Lipinski definition) is 3. The molecule has 19 heavy (non-hydrogen) atoms. The fraction of sp³-hybridized carbons (Fsp3) is 0.267. The molecule has 0 spiro atoms. The number of fused-ring (bicyclic) bond motifs is 1. The summed E-state index contributed by atoms with van der Waals surface area (Å²) in [5.74, 6) is 0.487. The number of amides is 1. The SMILES string of the molecule is CSCC(=O)NC(CN)c1ccc2ccccc2c1. The molecule has 0 heterocycles. The van der Waals surface area contributed by atoms with Crippen LogP contribution < -0.4 is 11.1 Å². The van der Waals surface area contributed by atoms with Crippen LogP contribution >= 0.6 is 11.8 Å². The van der Waals surface area contributed by atoms with Crippen molar-refractivity contribution in [1.29, 1.82) is 0 Å². The average molecular weight is 274 g/mol.